The normalized spacial score (nSPS) is 10.2. The molecule has 3 aromatic rings. The Morgan fingerprint density at radius 2 is 1.60 bits per heavy atom. The lowest BCUT2D eigenvalue weighted by atomic mass is 10.1. The fraction of sp³-hybridized carbons (Fsp3) is 0.143. The molecule has 0 unspecified atom stereocenters. The Hall–Kier alpha value is -5.14. The van der Waals surface area contributed by atoms with Crippen molar-refractivity contribution in [3.63, 3.8) is 0 Å². The minimum absolute atomic E-state index is 0.112. The average Bonchev–Trinajstić information content (AvgIpc) is 2.83. The molecule has 0 atom stereocenters. The van der Waals surface area contributed by atoms with E-state index in [1.54, 1.807) is 6.92 Å². The summed E-state index contributed by atoms with van der Waals surface area (Å²) in [4.78, 5) is 52.8. The second-order valence-electron chi connectivity index (χ2n) is 6.87. The number of hydrazine groups is 1. The van der Waals surface area contributed by atoms with Crippen molar-refractivity contribution < 1.29 is 24.2 Å². The average molecular weight is 481 g/mol. The SMILES string of the molecule is CCOC(=O)c1ccc(Nc2ncnc(NNC(=O)Cc3ccc([N+](=O)[O-])cc3)c2[N+](=O)[O-])cc1. The summed E-state index contributed by atoms with van der Waals surface area (Å²) in [6.45, 7) is 1.91. The van der Waals surface area contributed by atoms with Crippen molar-refractivity contribution >= 4 is 40.6 Å². The van der Waals surface area contributed by atoms with Gasteiger partial charge in [0.15, 0.2) is 0 Å². The number of esters is 1. The number of hydrogen-bond acceptors (Lipinski definition) is 11. The molecule has 1 amide bonds. The van der Waals surface area contributed by atoms with Gasteiger partial charge in [-0.2, -0.15) is 0 Å². The van der Waals surface area contributed by atoms with E-state index in [2.05, 4.69) is 26.1 Å². The van der Waals surface area contributed by atoms with Gasteiger partial charge in [-0.25, -0.2) is 14.8 Å². The molecule has 3 N–H and O–H groups in total. The maximum Gasteiger partial charge on any atom is 0.355 e. The highest BCUT2D eigenvalue weighted by molar-refractivity contribution is 5.90. The van der Waals surface area contributed by atoms with Gasteiger partial charge in [-0.05, 0) is 36.8 Å². The lowest BCUT2D eigenvalue weighted by Gasteiger charge is -2.11. The largest absolute Gasteiger partial charge is 0.462 e. The first-order valence-corrected chi connectivity index (χ1v) is 10.1. The quantitative estimate of drug-likeness (QED) is 0.219. The Bertz CT molecular complexity index is 1250. The highest BCUT2D eigenvalue weighted by Gasteiger charge is 2.24. The fourth-order valence-electron chi connectivity index (χ4n) is 2.87. The number of aromatic nitrogens is 2. The third kappa shape index (κ3) is 6.44. The minimum Gasteiger partial charge on any atom is -0.462 e. The van der Waals surface area contributed by atoms with Crippen LogP contribution in [0.4, 0.5) is 28.7 Å². The highest BCUT2D eigenvalue weighted by atomic mass is 16.6. The Morgan fingerprint density at radius 3 is 2.20 bits per heavy atom. The molecule has 180 valence electrons. The zero-order chi connectivity index (χ0) is 25.4. The van der Waals surface area contributed by atoms with Crippen LogP contribution >= 0.6 is 0 Å². The summed E-state index contributed by atoms with van der Waals surface area (Å²) in [5, 5.41) is 25.2. The molecule has 14 heteroatoms. The predicted molar refractivity (Wildman–Crippen MR) is 123 cm³/mol. The highest BCUT2D eigenvalue weighted by Crippen LogP contribution is 2.30. The van der Waals surface area contributed by atoms with Crippen LogP contribution in [0.1, 0.15) is 22.8 Å². The lowest BCUT2D eigenvalue weighted by Crippen LogP contribution is -2.31. The second-order valence-corrected chi connectivity index (χ2v) is 6.87. The summed E-state index contributed by atoms with van der Waals surface area (Å²) in [7, 11) is 0. The molecular formula is C21H19N7O7. The molecule has 0 radical (unpaired) electrons. The number of anilines is 3. The number of nitrogens with zero attached hydrogens (tertiary/aromatic N) is 4. The number of nitro groups is 2. The van der Waals surface area contributed by atoms with Crippen LogP contribution < -0.4 is 16.2 Å². The predicted octanol–water partition coefficient (Wildman–Crippen LogP) is 2.90. The van der Waals surface area contributed by atoms with Gasteiger partial charge in [-0.1, -0.05) is 12.1 Å². The zero-order valence-corrected chi connectivity index (χ0v) is 18.3. The topological polar surface area (TPSA) is 192 Å². The van der Waals surface area contributed by atoms with Gasteiger partial charge in [0.05, 0.1) is 28.4 Å². The van der Waals surface area contributed by atoms with E-state index >= 15 is 0 Å². The molecule has 3 rings (SSSR count). The first-order valence-electron chi connectivity index (χ1n) is 10.1. The Labute approximate surface area is 197 Å². The van der Waals surface area contributed by atoms with Crippen LogP contribution in [-0.2, 0) is 16.0 Å². The van der Waals surface area contributed by atoms with Crippen molar-refractivity contribution in [1.82, 2.24) is 15.4 Å². The van der Waals surface area contributed by atoms with Gasteiger partial charge in [-0.3, -0.25) is 35.9 Å². The molecule has 1 heterocycles. The Morgan fingerprint density at radius 1 is 0.943 bits per heavy atom. The minimum atomic E-state index is -0.722. The summed E-state index contributed by atoms with van der Waals surface area (Å²) in [6.07, 6.45) is 0.926. The molecule has 0 aliphatic heterocycles. The summed E-state index contributed by atoms with van der Waals surface area (Å²) >= 11 is 0. The van der Waals surface area contributed by atoms with Crippen LogP contribution in [0.15, 0.2) is 54.9 Å². The van der Waals surface area contributed by atoms with Crippen LogP contribution in [0.5, 0.6) is 0 Å². The van der Waals surface area contributed by atoms with E-state index in [4.69, 9.17) is 4.74 Å². The molecule has 0 saturated carbocycles. The smallest absolute Gasteiger partial charge is 0.355 e. The molecule has 35 heavy (non-hydrogen) atoms. The summed E-state index contributed by atoms with van der Waals surface area (Å²) in [6, 6.07) is 11.4. The van der Waals surface area contributed by atoms with Crippen molar-refractivity contribution in [2.45, 2.75) is 13.3 Å². The van der Waals surface area contributed by atoms with Crippen molar-refractivity contribution in [3.05, 3.63) is 86.2 Å². The molecule has 2 aromatic carbocycles. The molecule has 0 fully saturated rings. The number of ether oxygens (including phenoxy) is 1. The first kappa shape index (κ1) is 24.5. The number of hydrogen-bond donors (Lipinski definition) is 3. The third-order valence-electron chi connectivity index (χ3n) is 4.50. The monoisotopic (exact) mass is 481 g/mol. The van der Waals surface area contributed by atoms with Gasteiger partial charge >= 0.3 is 11.7 Å². The van der Waals surface area contributed by atoms with E-state index in [-0.39, 0.29) is 30.4 Å². The maximum absolute atomic E-state index is 12.2. The fourth-order valence-corrected chi connectivity index (χ4v) is 2.87. The number of nitrogens with one attached hydrogen (secondary N) is 3. The van der Waals surface area contributed by atoms with E-state index in [0.717, 1.165) is 6.33 Å². The van der Waals surface area contributed by atoms with E-state index in [9.17, 15) is 29.8 Å². The molecule has 0 aliphatic rings. The Balaban J connectivity index is 1.69. The van der Waals surface area contributed by atoms with Crippen LogP contribution in [-0.4, -0.2) is 38.3 Å². The van der Waals surface area contributed by atoms with E-state index < -0.39 is 27.4 Å². The van der Waals surface area contributed by atoms with E-state index in [0.29, 0.717) is 16.8 Å². The number of nitro benzene ring substituents is 1. The van der Waals surface area contributed by atoms with Gasteiger partial charge in [0, 0.05) is 17.8 Å². The summed E-state index contributed by atoms with van der Waals surface area (Å²) in [5.74, 6) is -1.48. The van der Waals surface area contributed by atoms with Gasteiger partial charge in [0.1, 0.15) is 6.33 Å². The van der Waals surface area contributed by atoms with Gasteiger partial charge in [0.25, 0.3) is 5.69 Å². The molecule has 0 spiro atoms. The van der Waals surface area contributed by atoms with Gasteiger partial charge in [-0.15, -0.1) is 0 Å². The number of amides is 1. The summed E-state index contributed by atoms with van der Waals surface area (Å²) < 4.78 is 4.91. The van der Waals surface area contributed by atoms with Crippen molar-refractivity contribution in [2.24, 2.45) is 0 Å². The number of carbonyl (C=O) groups is 2. The third-order valence-corrected chi connectivity index (χ3v) is 4.50. The van der Waals surface area contributed by atoms with Crippen LogP contribution in [0.25, 0.3) is 0 Å². The maximum atomic E-state index is 12.2. The molecule has 14 nitrogen and oxygen atoms in total. The molecule has 0 saturated heterocycles. The van der Waals surface area contributed by atoms with Crippen LogP contribution in [0, 0.1) is 20.2 Å². The molecular weight excluding hydrogens is 462 g/mol. The Kier molecular flexibility index (Phi) is 7.79. The lowest BCUT2D eigenvalue weighted by molar-refractivity contribution is -0.384. The molecule has 0 aliphatic carbocycles. The number of non-ortho nitro benzene ring substituents is 1. The van der Waals surface area contributed by atoms with Crippen molar-refractivity contribution in [2.75, 3.05) is 17.3 Å². The molecule has 1 aromatic heterocycles. The number of rotatable bonds is 10. The summed E-state index contributed by atoms with van der Waals surface area (Å²) in [5.41, 5.74) is 5.30. The number of carbonyl (C=O) groups excluding carboxylic acids is 2. The van der Waals surface area contributed by atoms with Crippen molar-refractivity contribution in [1.29, 1.82) is 0 Å². The first-order chi connectivity index (χ1) is 16.8. The van der Waals surface area contributed by atoms with E-state index in [1.807, 2.05) is 0 Å². The molecule has 0 bridgehead atoms. The van der Waals surface area contributed by atoms with Crippen molar-refractivity contribution in [3.8, 4) is 0 Å². The van der Waals surface area contributed by atoms with Gasteiger partial charge < -0.3 is 10.1 Å². The van der Waals surface area contributed by atoms with E-state index in [1.165, 1.54) is 48.5 Å². The number of benzene rings is 2. The van der Waals surface area contributed by atoms with Gasteiger partial charge in [0.2, 0.25) is 17.5 Å². The van der Waals surface area contributed by atoms with Crippen LogP contribution in [0.2, 0.25) is 0 Å². The van der Waals surface area contributed by atoms with Crippen LogP contribution in [0.3, 0.4) is 0 Å². The standard InChI is InChI=1S/C21H19N7O7/c1-2-35-21(30)14-5-7-15(8-6-14)24-19-18(28(33)34)20(23-12-22-19)26-25-17(29)11-13-3-9-16(10-4-13)27(31)32/h3-10,12H,2,11H2,1H3,(H,25,29)(H2,22,23,24,26). The second kappa shape index (κ2) is 11.1. The zero-order valence-electron chi connectivity index (χ0n) is 18.3.